The van der Waals surface area contributed by atoms with Gasteiger partial charge in [0, 0.05) is 25.2 Å². The highest BCUT2D eigenvalue weighted by atomic mass is 15.2. The molecule has 3 aliphatic rings. The molecule has 3 rings (SSSR count). The van der Waals surface area contributed by atoms with E-state index in [2.05, 4.69) is 24.1 Å². The minimum absolute atomic E-state index is 0.781. The Labute approximate surface area is 106 Å². The van der Waals surface area contributed by atoms with Crippen LogP contribution in [-0.4, -0.2) is 36.6 Å². The number of hydrogen-bond donors (Lipinski definition) is 1. The van der Waals surface area contributed by atoms with Gasteiger partial charge in [-0.25, -0.2) is 0 Å². The van der Waals surface area contributed by atoms with E-state index < -0.39 is 0 Å². The fourth-order valence-electron chi connectivity index (χ4n) is 3.34. The second-order valence-corrected chi connectivity index (χ2v) is 6.89. The van der Waals surface area contributed by atoms with Gasteiger partial charge in [-0.3, -0.25) is 4.90 Å². The zero-order valence-electron chi connectivity index (χ0n) is 11.5. The van der Waals surface area contributed by atoms with Gasteiger partial charge in [0.2, 0.25) is 0 Å². The summed E-state index contributed by atoms with van der Waals surface area (Å²) in [7, 11) is 0. The lowest BCUT2D eigenvalue weighted by Gasteiger charge is -2.42. The van der Waals surface area contributed by atoms with Gasteiger partial charge in [0.1, 0.15) is 0 Å². The molecule has 0 aromatic carbocycles. The molecule has 0 bridgehead atoms. The van der Waals surface area contributed by atoms with Gasteiger partial charge in [-0.2, -0.15) is 0 Å². The van der Waals surface area contributed by atoms with Gasteiger partial charge >= 0.3 is 0 Å². The zero-order chi connectivity index (χ0) is 11.8. The molecule has 1 N–H and O–H groups in total. The van der Waals surface area contributed by atoms with E-state index in [1.165, 1.54) is 51.7 Å². The van der Waals surface area contributed by atoms with Crippen molar-refractivity contribution in [1.82, 2.24) is 10.2 Å². The molecular weight excluding hydrogens is 208 g/mol. The van der Waals surface area contributed by atoms with Crippen molar-refractivity contribution in [1.29, 1.82) is 0 Å². The molecule has 0 aromatic heterocycles. The molecule has 2 nitrogen and oxygen atoms in total. The number of rotatable bonds is 5. The molecule has 2 heteroatoms. The smallest absolute Gasteiger partial charge is 0.0244 e. The van der Waals surface area contributed by atoms with Gasteiger partial charge in [-0.1, -0.05) is 26.7 Å². The number of piperazine rings is 1. The first-order valence-corrected chi connectivity index (χ1v) is 7.71. The van der Waals surface area contributed by atoms with Crippen molar-refractivity contribution < 1.29 is 0 Å². The molecule has 1 saturated heterocycles. The van der Waals surface area contributed by atoms with Gasteiger partial charge in [0.25, 0.3) is 0 Å². The summed E-state index contributed by atoms with van der Waals surface area (Å²) in [6.07, 6.45) is 7.41. The molecular formula is C15H28N2. The van der Waals surface area contributed by atoms with Crippen molar-refractivity contribution in [3.63, 3.8) is 0 Å². The van der Waals surface area contributed by atoms with Crippen LogP contribution in [0.5, 0.6) is 0 Å². The van der Waals surface area contributed by atoms with Gasteiger partial charge < -0.3 is 5.32 Å². The lowest BCUT2D eigenvalue weighted by atomic mass is 9.96. The number of hydrogen-bond acceptors (Lipinski definition) is 2. The van der Waals surface area contributed by atoms with Crippen LogP contribution >= 0.6 is 0 Å². The van der Waals surface area contributed by atoms with Crippen LogP contribution in [0, 0.1) is 17.8 Å². The first kappa shape index (κ1) is 12.0. The minimum Gasteiger partial charge on any atom is -0.311 e. The first-order valence-electron chi connectivity index (χ1n) is 7.71. The Morgan fingerprint density at radius 3 is 2.53 bits per heavy atom. The van der Waals surface area contributed by atoms with E-state index >= 15 is 0 Å². The van der Waals surface area contributed by atoms with Crippen molar-refractivity contribution >= 4 is 0 Å². The van der Waals surface area contributed by atoms with Crippen LogP contribution in [0.2, 0.25) is 0 Å². The van der Waals surface area contributed by atoms with E-state index in [4.69, 9.17) is 0 Å². The maximum Gasteiger partial charge on any atom is 0.0244 e. The largest absolute Gasteiger partial charge is 0.311 e. The third-order valence-corrected chi connectivity index (χ3v) is 4.97. The van der Waals surface area contributed by atoms with Crippen LogP contribution in [0.1, 0.15) is 46.0 Å². The second-order valence-electron chi connectivity index (χ2n) is 6.89. The van der Waals surface area contributed by atoms with Crippen molar-refractivity contribution in [2.75, 3.05) is 19.6 Å². The predicted molar refractivity (Wildman–Crippen MR) is 72.1 cm³/mol. The van der Waals surface area contributed by atoms with Crippen LogP contribution in [-0.2, 0) is 0 Å². The van der Waals surface area contributed by atoms with Gasteiger partial charge in [-0.15, -0.1) is 0 Å². The molecule has 0 amide bonds. The lowest BCUT2D eigenvalue weighted by molar-refractivity contribution is 0.0896. The molecule has 0 radical (unpaired) electrons. The summed E-state index contributed by atoms with van der Waals surface area (Å²) in [6, 6.07) is 1.59. The van der Waals surface area contributed by atoms with Crippen molar-refractivity contribution in [3.05, 3.63) is 0 Å². The number of nitrogens with zero attached hydrogens (tertiary/aromatic N) is 1. The zero-order valence-corrected chi connectivity index (χ0v) is 11.5. The molecule has 17 heavy (non-hydrogen) atoms. The second kappa shape index (κ2) is 4.89. The third kappa shape index (κ3) is 3.03. The van der Waals surface area contributed by atoms with Gasteiger partial charge in [-0.05, 0) is 43.6 Å². The summed E-state index contributed by atoms with van der Waals surface area (Å²) in [5, 5.41) is 3.80. The highest BCUT2D eigenvalue weighted by Crippen LogP contribution is 2.36. The molecule has 2 aliphatic carbocycles. The van der Waals surface area contributed by atoms with E-state index in [9.17, 15) is 0 Å². The van der Waals surface area contributed by atoms with Crippen molar-refractivity contribution in [3.8, 4) is 0 Å². The van der Waals surface area contributed by atoms with Crippen LogP contribution in [0.4, 0.5) is 0 Å². The highest BCUT2D eigenvalue weighted by molar-refractivity contribution is 4.95. The lowest BCUT2D eigenvalue weighted by Crippen LogP contribution is -2.59. The predicted octanol–water partition coefficient (Wildman–Crippen LogP) is 2.49. The number of nitrogens with one attached hydrogen (secondary N) is 1. The third-order valence-electron chi connectivity index (χ3n) is 4.97. The summed E-state index contributed by atoms with van der Waals surface area (Å²) >= 11 is 0. The summed E-state index contributed by atoms with van der Waals surface area (Å²) in [5.41, 5.74) is 0. The van der Waals surface area contributed by atoms with Gasteiger partial charge in [0.05, 0.1) is 0 Å². The van der Waals surface area contributed by atoms with E-state index in [1.54, 1.807) is 0 Å². The average Bonchev–Trinajstić information content (AvgIpc) is 3.17. The SMILES string of the molecule is CC(C)C1CNC(C2CC2)CN1CCC1CC1. The van der Waals surface area contributed by atoms with E-state index in [0.717, 1.165) is 29.8 Å². The Kier molecular flexibility index (Phi) is 3.45. The van der Waals surface area contributed by atoms with Crippen LogP contribution in [0.3, 0.4) is 0 Å². The highest BCUT2D eigenvalue weighted by Gasteiger charge is 2.38. The maximum atomic E-state index is 3.80. The van der Waals surface area contributed by atoms with Crippen LogP contribution < -0.4 is 5.32 Å². The minimum atomic E-state index is 0.781. The van der Waals surface area contributed by atoms with Crippen LogP contribution in [0.15, 0.2) is 0 Å². The normalized spacial score (nSPS) is 35.5. The maximum absolute atomic E-state index is 3.80. The Hall–Kier alpha value is -0.0800. The Morgan fingerprint density at radius 2 is 1.94 bits per heavy atom. The Morgan fingerprint density at radius 1 is 1.18 bits per heavy atom. The van der Waals surface area contributed by atoms with Gasteiger partial charge in [0.15, 0.2) is 0 Å². The average molecular weight is 236 g/mol. The topological polar surface area (TPSA) is 15.3 Å². The molecule has 3 fully saturated rings. The molecule has 2 unspecified atom stereocenters. The standard InChI is InChI=1S/C15H28N2/c1-11(2)15-9-16-14(13-5-6-13)10-17(15)8-7-12-3-4-12/h11-16H,3-10H2,1-2H3. The molecule has 0 aromatic rings. The monoisotopic (exact) mass is 236 g/mol. The first-order chi connectivity index (χ1) is 8.24. The molecule has 0 spiro atoms. The molecule has 98 valence electrons. The van der Waals surface area contributed by atoms with Crippen molar-refractivity contribution in [2.24, 2.45) is 17.8 Å². The Balaban J connectivity index is 1.55. The van der Waals surface area contributed by atoms with Crippen molar-refractivity contribution in [2.45, 2.75) is 58.0 Å². The van der Waals surface area contributed by atoms with E-state index in [-0.39, 0.29) is 0 Å². The van der Waals surface area contributed by atoms with E-state index in [0.29, 0.717) is 0 Å². The summed E-state index contributed by atoms with van der Waals surface area (Å²) in [6.45, 7) is 8.67. The van der Waals surface area contributed by atoms with Crippen LogP contribution in [0.25, 0.3) is 0 Å². The Bertz CT molecular complexity index is 256. The van der Waals surface area contributed by atoms with E-state index in [1.807, 2.05) is 0 Å². The fourth-order valence-corrected chi connectivity index (χ4v) is 3.34. The summed E-state index contributed by atoms with van der Waals surface area (Å²) < 4.78 is 0. The summed E-state index contributed by atoms with van der Waals surface area (Å²) in [4.78, 5) is 2.81. The quantitative estimate of drug-likeness (QED) is 0.789. The summed E-state index contributed by atoms with van der Waals surface area (Å²) in [5.74, 6) is 2.88. The fraction of sp³-hybridized carbons (Fsp3) is 1.00. The molecule has 2 saturated carbocycles. The molecule has 1 aliphatic heterocycles. The molecule has 1 heterocycles. The molecule has 2 atom stereocenters.